The summed E-state index contributed by atoms with van der Waals surface area (Å²) in [4.78, 5) is 17.9. The highest BCUT2D eigenvalue weighted by atomic mass is 15.4. The predicted octanol–water partition coefficient (Wildman–Crippen LogP) is 5.02. The Labute approximate surface area is 154 Å². The summed E-state index contributed by atoms with van der Waals surface area (Å²) in [5.41, 5.74) is 3.62. The molecule has 0 spiro atoms. The van der Waals surface area contributed by atoms with E-state index in [-0.39, 0.29) is 0 Å². The van der Waals surface area contributed by atoms with Gasteiger partial charge in [-0.2, -0.15) is 0 Å². The van der Waals surface area contributed by atoms with Crippen LogP contribution < -0.4 is 9.80 Å². The fraction of sp³-hybridized carbons (Fsp3) is 0.286. The molecule has 5 heteroatoms. The molecule has 26 heavy (non-hydrogen) atoms. The van der Waals surface area contributed by atoms with Gasteiger partial charge in [0.15, 0.2) is 11.6 Å². The van der Waals surface area contributed by atoms with Crippen LogP contribution in [0.4, 0.5) is 23.0 Å². The summed E-state index contributed by atoms with van der Waals surface area (Å²) < 4.78 is 0. The van der Waals surface area contributed by atoms with E-state index in [1.165, 1.54) is 11.3 Å². The largest absolute Gasteiger partial charge is 0.304 e. The van der Waals surface area contributed by atoms with Gasteiger partial charge in [0.2, 0.25) is 0 Å². The molecule has 0 unspecified atom stereocenters. The van der Waals surface area contributed by atoms with Crippen LogP contribution in [0.3, 0.4) is 0 Å². The molecule has 0 amide bonds. The van der Waals surface area contributed by atoms with Crippen molar-refractivity contribution in [1.29, 1.82) is 0 Å². The number of rotatable bonds is 5. The number of pyridine rings is 1. The molecule has 0 saturated carbocycles. The number of fused-ring (bicyclic) bond motifs is 1. The van der Waals surface area contributed by atoms with Crippen LogP contribution in [0.15, 0.2) is 61.2 Å². The van der Waals surface area contributed by atoms with Gasteiger partial charge in [0.05, 0.1) is 11.9 Å². The number of hydrogen-bond donors (Lipinski definition) is 0. The molecule has 5 nitrogen and oxygen atoms in total. The molecule has 0 fully saturated rings. The van der Waals surface area contributed by atoms with Crippen molar-refractivity contribution in [3.8, 4) is 0 Å². The van der Waals surface area contributed by atoms with Crippen molar-refractivity contribution in [3.05, 3.63) is 66.7 Å². The molecule has 0 N–H and O–H groups in total. The Bertz CT molecular complexity index is 876. The Hall–Kier alpha value is -2.95. The Balaban J connectivity index is 1.80. The first kappa shape index (κ1) is 16.5. The summed E-state index contributed by atoms with van der Waals surface area (Å²) >= 11 is 0. The number of para-hydroxylation sites is 1. The fourth-order valence-corrected chi connectivity index (χ4v) is 3.69. The second-order valence-corrected chi connectivity index (χ2v) is 6.48. The van der Waals surface area contributed by atoms with Crippen molar-refractivity contribution in [2.45, 2.75) is 32.6 Å². The van der Waals surface area contributed by atoms with E-state index in [0.29, 0.717) is 12.6 Å². The molecular weight excluding hydrogens is 322 g/mol. The summed E-state index contributed by atoms with van der Waals surface area (Å²) in [5, 5.41) is 0. The normalized spacial score (nSPS) is 13.3. The minimum atomic E-state index is 0.541. The van der Waals surface area contributed by atoms with Gasteiger partial charge < -0.3 is 9.80 Å². The minimum absolute atomic E-state index is 0.541. The maximum absolute atomic E-state index is 4.65. The lowest BCUT2D eigenvalue weighted by Gasteiger charge is -2.25. The zero-order valence-corrected chi connectivity index (χ0v) is 15.2. The monoisotopic (exact) mass is 345 g/mol. The van der Waals surface area contributed by atoms with Crippen molar-refractivity contribution in [3.63, 3.8) is 0 Å². The van der Waals surface area contributed by atoms with Gasteiger partial charge in [-0.05, 0) is 42.5 Å². The minimum Gasteiger partial charge on any atom is -0.304 e. The Morgan fingerprint density at radius 2 is 1.62 bits per heavy atom. The van der Waals surface area contributed by atoms with Crippen LogP contribution in [-0.4, -0.2) is 21.6 Å². The average molecular weight is 345 g/mol. The maximum atomic E-state index is 4.65. The molecule has 0 saturated heterocycles. The van der Waals surface area contributed by atoms with Crippen LogP contribution in [0.1, 0.15) is 38.2 Å². The number of benzene rings is 1. The van der Waals surface area contributed by atoms with E-state index in [0.717, 1.165) is 30.2 Å². The van der Waals surface area contributed by atoms with Crippen LogP contribution in [-0.2, 0) is 0 Å². The van der Waals surface area contributed by atoms with Gasteiger partial charge >= 0.3 is 0 Å². The molecule has 3 aromatic rings. The topological polar surface area (TPSA) is 45.2 Å². The van der Waals surface area contributed by atoms with E-state index in [1.54, 1.807) is 18.6 Å². The zero-order valence-electron chi connectivity index (χ0n) is 15.2. The second-order valence-electron chi connectivity index (χ2n) is 6.48. The van der Waals surface area contributed by atoms with Crippen molar-refractivity contribution in [2.24, 2.45) is 0 Å². The maximum Gasteiger partial charge on any atom is 0.178 e. The van der Waals surface area contributed by atoms with E-state index < -0.39 is 0 Å². The Kier molecular flexibility index (Phi) is 4.52. The van der Waals surface area contributed by atoms with Crippen LogP contribution in [0.25, 0.3) is 0 Å². The van der Waals surface area contributed by atoms with Crippen LogP contribution in [0, 0.1) is 0 Å². The van der Waals surface area contributed by atoms with Crippen LogP contribution >= 0.6 is 0 Å². The summed E-state index contributed by atoms with van der Waals surface area (Å²) in [7, 11) is 0. The van der Waals surface area contributed by atoms with Gasteiger partial charge in [-0.15, -0.1) is 0 Å². The third-order valence-corrected chi connectivity index (χ3v) is 5.07. The van der Waals surface area contributed by atoms with Crippen LogP contribution in [0.5, 0.6) is 0 Å². The number of aromatic nitrogens is 3. The summed E-state index contributed by atoms with van der Waals surface area (Å²) in [6.45, 7) is 5.19. The highest BCUT2D eigenvalue weighted by Gasteiger charge is 2.32. The van der Waals surface area contributed by atoms with Crippen molar-refractivity contribution < 1.29 is 0 Å². The lowest BCUT2D eigenvalue weighted by Crippen LogP contribution is -2.25. The third-order valence-electron chi connectivity index (χ3n) is 5.07. The number of nitrogens with zero attached hydrogens (tertiary/aromatic N) is 5. The molecule has 1 aromatic carbocycles. The molecule has 0 bridgehead atoms. The first-order valence-corrected chi connectivity index (χ1v) is 9.18. The predicted molar refractivity (Wildman–Crippen MR) is 105 cm³/mol. The van der Waals surface area contributed by atoms with E-state index >= 15 is 0 Å². The van der Waals surface area contributed by atoms with E-state index in [9.17, 15) is 0 Å². The van der Waals surface area contributed by atoms with E-state index in [1.807, 2.05) is 12.3 Å². The first-order chi connectivity index (χ1) is 12.8. The quantitative estimate of drug-likeness (QED) is 0.649. The van der Waals surface area contributed by atoms with Crippen LogP contribution in [0.2, 0.25) is 0 Å². The molecule has 132 valence electrons. The van der Waals surface area contributed by atoms with Gasteiger partial charge in [0.25, 0.3) is 0 Å². The lowest BCUT2D eigenvalue weighted by molar-refractivity contribution is 0.641. The highest BCUT2D eigenvalue weighted by Crippen LogP contribution is 2.43. The molecule has 0 aliphatic carbocycles. The molecule has 3 heterocycles. The summed E-state index contributed by atoms with van der Waals surface area (Å²) in [6, 6.07) is 12.7. The lowest BCUT2D eigenvalue weighted by atomic mass is 9.92. The number of anilines is 4. The van der Waals surface area contributed by atoms with Gasteiger partial charge in [-0.3, -0.25) is 4.98 Å². The average Bonchev–Trinajstić information content (AvgIpc) is 3.10. The fourth-order valence-electron chi connectivity index (χ4n) is 3.69. The van der Waals surface area contributed by atoms with Gasteiger partial charge in [-0.25, -0.2) is 9.97 Å². The van der Waals surface area contributed by atoms with Gasteiger partial charge in [0.1, 0.15) is 6.67 Å². The third kappa shape index (κ3) is 2.79. The van der Waals surface area contributed by atoms with Crippen molar-refractivity contribution in [1.82, 2.24) is 15.0 Å². The van der Waals surface area contributed by atoms with Gasteiger partial charge in [-0.1, -0.05) is 32.0 Å². The summed E-state index contributed by atoms with van der Waals surface area (Å²) in [5.74, 6) is 2.31. The second kappa shape index (κ2) is 7.12. The van der Waals surface area contributed by atoms with E-state index in [2.05, 4.69) is 68.9 Å². The van der Waals surface area contributed by atoms with E-state index in [4.69, 9.17) is 0 Å². The molecule has 0 atom stereocenters. The molecule has 2 aromatic heterocycles. The number of hydrogen-bond acceptors (Lipinski definition) is 5. The van der Waals surface area contributed by atoms with Crippen molar-refractivity contribution >= 4 is 23.0 Å². The van der Waals surface area contributed by atoms with Crippen molar-refractivity contribution in [2.75, 3.05) is 16.5 Å². The SMILES string of the molecule is CCC(CC)c1ccccc1N1CN(c2cccnc2)c2nccnc21. The molecule has 0 radical (unpaired) electrons. The Morgan fingerprint density at radius 1 is 0.885 bits per heavy atom. The highest BCUT2D eigenvalue weighted by molar-refractivity contribution is 5.82. The zero-order chi connectivity index (χ0) is 17.9. The molecular formula is C21H23N5. The standard InChI is InChI=1S/C21H23N5/c1-3-16(4-2)18-9-5-6-10-19(18)26-15-25(17-8-7-11-22-14-17)20-21(26)24-13-12-23-20/h5-14,16H,3-4,15H2,1-2H3. The molecule has 1 aliphatic rings. The molecule has 1 aliphatic heterocycles. The smallest absolute Gasteiger partial charge is 0.178 e. The summed E-state index contributed by atoms with van der Waals surface area (Å²) in [6.07, 6.45) is 9.42. The molecule has 4 rings (SSSR count). The Morgan fingerprint density at radius 3 is 2.31 bits per heavy atom. The first-order valence-electron chi connectivity index (χ1n) is 9.18. The van der Waals surface area contributed by atoms with Gasteiger partial charge in [0, 0.05) is 24.3 Å².